The number of esters is 1. The minimum absolute atomic E-state index is 0.319. The molecule has 3 nitrogen and oxygen atoms in total. The van der Waals surface area contributed by atoms with Crippen LogP contribution in [0.25, 0.3) is 0 Å². The van der Waals surface area contributed by atoms with E-state index in [1.54, 1.807) is 6.20 Å². The second kappa shape index (κ2) is 4.85. The fraction of sp³-hybridized carbons (Fsp3) is 0.571. The van der Waals surface area contributed by atoms with Gasteiger partial charge in [-0.3, -0.25) is 0 Å². The van der Waals surface area contributed by atoms with E-state index in [2.05, 4.69) is 4.74 Å². The fourth-order valence-electron chi connectivity index (χ4n) is 0.362. The first-order valence-corrected chi connectivity index (χ1v) is 3.17. The zero-order chi connectivity index (χ0) is 7.98. The first-order valence-electron chi connectivity index (χ1n) is 3.17. The highest BCUT2D eigenvalue weighted by molar-refractivity contribution is 5.81. The quantitative estimate of drug-likeness (QED) is 0.428. The maximum atomic E-state index is 10.5. The average Bonchev–Trinajstić information content (AvgIpc) is 1.99. The molecule has 0 aromatic carbocycles. The largest absolute Gasteiger partial charge is 0.466 e. The van der Waals surface area contributed by atoms with Gasteiger partial charge in [0.15, 0.2) is 0 Å². The van der Waals surface area contributed by atoms with Crippen LogP contribution in [0.1, 0.15) is 6.92 Å². The molecule has 0 aliphatic rings. The molecule has 3 heteroatoms. The Morgan fingerprint density at radius 1 is 1.70 bits per heavy atom. The van der Waals surface area contributed by atoms with E-state index in [1.165, 1.54) is 13.2 Å². The molecule has 0 spiro atoms. The van der Waals surface area contributed by atoms with Crippen LogP contribution >= 0.6 is 0 Å². The maximum absolute atomic E-state index is 10.5. The summed E-state index contributed by atoms with van der Waals surface area (Å²) in [4.78, 5) is 12.4. The van der Waals surface area contributed by atoms with Crippen molar-refractivity contribution in [2.24, 2.45) is 0 Å². The van der Waals surface area contributed by atoms with Crippen molar-refractivity contribution in [2.75, 3.05) is 20.7 Å². The summed E-state index contributed by atoms with van der Waals surface area (Å²) >= 11 is 0. The molecule has 0 saturated carbocycles. The molecule has 0 rings (SSSR count). The summed E-state index contributed by atoms with van der Waals surface area (Å²) in [6, 6.07) is 0. The Kier molecular flexibility index (Phi) is 4.37. The fourth-order valence-corrected chi connectivity index (χ4v) is 0.362. The van der Waals surface area contributed by atoms with Crippen LogP contribution in [0.2, 0.25) is 0 Å². The van der Waals surface area contributed by atoms with Gasteiger partial charge in [-0.1, -0.05) is 0 Å². The van der Waals surface area contributed by atoms with E-state index in [0.29, 0.717) is 0 Å². The Balaban J connectivity index is 3.63. The van der Waals surface area contributed by atoms with Crippen molar-refractivity contribution in [1.82, 2.24) is 4.90 Å². The SMILES string of the molecule is CCN(C)/C=C/C(=O)OC. The van der Waals surface area contributed by atoms with Gasteiger partial charge in [0.1, 0.15) is 0 Å². The zero-order valence-electron chi connectivity index (χ0n) is 6.63. The molecule has 0 bridgehead atoms. The van der Waals surface area contributed by atoms with Gasteiger partial charge in [-0.2, -0.15) is 0 Å². The monoisotopic (exact) mass is 143 g/mol. The Hall–Kier alpha value is -0.990. The molecule has 0 atom stereocenters. The number of ether oxygens (including phenoxy) is 1. The smallest absolute Gasteiger partial charge is 0.331 e. The first-order chi connectivity index (χ1) is 4.70. The van der Waals surface area contributed by atoms with Gasteiger partial charge in [-0.15, -0.1) is 0 Å². The van der Waals surface area contributed by atoms with E-state index in [-0.39, 0.29) is 5.97 Å². The number of nitrogens with zero attached hydrogens (tertiary/aromatic N) is 1. The lowest BCUT2D eigenvalue weighted by molar-refractivity contribution is -0.134. The lowest BCUT2D eigenvalue weighted by atomic mass is 10.5. The Bertz CT molecular complexity index is 132. The van der Waals surface area contributed by atoms with Gasteiger partial charge in [0.25, 0.3) is 0 Å². The van der Waals surface area contributed by atoms with E-state index < -0.39 is 0 Å². The van der Waals surface area contributed by atoms with Crippen LogP contribution < -0.4 is 0 Å². The van der Waals surface area contributed by atoms with Gasteiger partial charge < -0.3 is 9.64 Å². The van der Waals surface area contributed by atoms with Crippen LogP contribution in [0.15, 0.2) is 12.3 Å². The molecular formula is C7H13NO2. The van der Waals surface area contributed by atoms with Crippen LogP contribution in [0.4, 0.5) is 0 Å². The molecule has 0 aliphatic carbocycles. The molecule has 0 fully saturated rings. The third kappa shape index (κ3) is 3.95. The number of methoxy groups -OCH3 is 1. The van der Waals surface area contributed by atoms with Gasteiger partial charge >= 0.3 is 5.97 Å². The summed E-state index contributed by atoms with van der Waals surface area (Å²) in [5, 5.41) is 0. The molecule has 0 aromatic heterocycles. The molecule has 0 saturated heterocycles. The molecule has 58 valence electrons. The van der Waals surface area contributed by atoms with Gasteiger partial charge in [0, 0.05) is 25.9 Å². The standard InChI is InChI=1S/C7H13NO2/c1-4-8(2)6-5-7(9)10-3/h5-6H,4H2,1-3H3/b6-5+. The van der Waals surface area contributed by atoms with Crippen LogP contribution in [0.3, 0.4) is 0 Å². The molecule has 0 radical (unpaired) electrons. The highest BCUT2D eigenvalue weighted by atomic mass is 16.5. The lowest BCUT2D eigenvalue weighted by Crippen LogP contribution is -2.09. The molecule has 10 heavy (non-hydrogen) atoms. The van der Waals surface area contributed by atoms with Crippen molar-refractivity contribution in [3.05, 3.63) is 12.3 Å². The van der Waals surface area contributed by atoms with Gasteiger partial charge in [-0.05, 0) is 6.92 Å². The minimum atomic E-state index is -0.319. The first kappa shape index (κ1) is 9.01. The van der Waals surface area contributed by atoms with Gasteiger partial charge in [-0.25, -0.2) is 4.79 Å². The summed E-state index contributed by atoms with van der Waals surface area (Å²) in [7, 11) is 3.25. The Morgan fingerprint density at radius 2 is 2.30 bits per heavy atom. The molecule has 0 heterocycles. The van der Waals surface area contributed by atoms with Crippen LogP contribution in [-0.4, -0.2) is 31.6 Å². The summed E-state index contributed by atoms with van der Waals surface area (Å²) in [6.07, 6.45) is 3.08. The third-order valence-corrected chi connectivity index (χ3v) is 1.17. The molecule has 0 unspecified atom stereocenters. The summed E-state index contributed by atoms with van der Waals surface area (Å²) in [5.74, 6) is -0.319. The van der Waals surface area contributed by atoms with Crippen molar-refractivity contribution >= 4 is 5.97 Å². The van der Waals surface area contributed by atoms with Crippen LogP contribution in [0.5, 0.6) is 0 Å². The van der Waals surface area contributed by atoms with E-state index >= 15 is 0 Å². The molecular weight excluding hydrogens is 130 g/mol. The van der Waals surface area contributed by atoms with Crippen LogP contribution in [-0.2, 0) is 9.53 Å². The van der Waals surface area contributed by atoms with Crippen LogP contribution in [0, 0.1) is 0 Å². The van der Waals surface area contributed by atoms with Crippen molar-refractivity contribution < 1.29 is 9.53 Å². The number of carbonyl (C=O) groups excluding carboxylic acids is 1. The summed E-state index contributed by atoms with van der Waals surface area (Å²) < 4.78 is 4.39. The Labute approximate surface area is 61.3 Å². The number of carbonyl (C=O) groups is 1. The second-order valence-electron chi connectivity index (χ2n) is 1.91. The van der Waals surface area contributed by atoms with Crippen molar-refractivity contribution in [1.29, 1.82) is 0 Å². The van der Waals surface area contributed by atoms with Gasteiger partial charge in [0.2, 0.25) is 0 Å². The molecule has 0 amide bonds. The summed E-state index contributed by atoms with van der Waals surface area (Å²) in [6.45, 7) is 2.88. The molecule has 0 N–H and O–H groups in total. The second-order valence-corrected chi connectivity index (χ2v) is 1.91. The number of hydrogen-bond donors (Lipinski definition) is 0. The van der Waals surface area contributed by atoms with E-state index in [0.717, 1.165) is 6.54 Å². The van der Waals surface area contributed by atoms with Crippen molar-refractivity contribution in [2.45, 2.75) is 6.92 Å². The van der Waals surface area contributed by atoms with E-state index in [9.17, 15) is 4.79 Å². The number of hydrogen-bond acceptors (Lipinski definition) is 3. The lowest BCUT2D eigenvalue weighted by Gasteiger charge is -2.07. The highest BCUT2D eigenvalue weighted by Gasteiger charge is 1.90. The summed E-state index contributed by atoms with van der Waals surface area (Å²) in [5.41, 5.74) is 0. The predicted octanol–water partition coefficient (Wildman–Crippen LogP) is 0.625. The third-order valence-electron chi connectivity index (χ3n) is 1.17. The van der Waals surface area contributed by atoms with E-state index in [4.69, 9.17) is 0 Å². The predicted molar refractivity (Wildman–Crippen MR) is 39.5 cm³/mol. The molecule has 0 aliphatic heterocycles. The average molecular weight is 143 g/mol. The highest BCUT2D eigenvalue weighted by Crippen LogP contribution is 1.83. The minimum Gasteiger partial charge on any atom is -0.466 e. The zero-order valence-corrected chi connectivity index (χ0v) is 6.63. The topological polar surface area (TPSA) is 29.5 Å². The maximum Gasteiger partial charge on any atom is 0.331 e. The normalized spacial score (nSPS) is 9.90. The van der Waals surface area contributed by atoms with Crippen molar-refractivity contribution in [3.8, 4) is 0 Å². The molecule has 0 aromatic rings. The Morgan fingerprint density at radius 3 is 2.70 bits per heavy atom. The number of rotatable bonds is 3. The van der Waals surface area contributed by atoms with Gasteiger partial charge in [0.05, 0.1) is 7.11 Å². The van der Waals surface area contributed by atoms with Crippen molar-refractivity contribution in [3.63, 3.8) is 0 Å². The van der Waals surface area contributed by atoms with E-state index in [1.807, 2.05) is 18.9 Å².